The second kappa shape index (κ2) is 18.3. The van der Waals surface area contributed by atoms with Crippen molar-refractivity contribution >= 4 is 108 Å². The van der Waals surface area contributed by atoms with E-state index in [9.17, 15) is 9.59 Å². The first-order valence-electron chi connectivity index (χ1n) is 19.8. The zero-order chi connectivity index (χ0) is 39.9. The number of carbonyl (C=O) groups excluding carboxylic acids is 2. The van der Waals surface area contributed by atoms with Crippen LogP contribution in [0.1, 0.15) is 140 Å². The van der Waals surface area contributed by atoms with Gasteiger partial charge in [0.15, 0.2) is 0 Å². The van der Waals surface area contributed by atoms with Crippen LogP contribution in [0.3, 0.4) is 0 Å². The van der Waals surface area contributed by atoms with Gasteiger partial charge in [0.25, 0.3) is 0 Å². The van der Waals surface area contributed by atoms with Gasteiger partial charge in [-0.15, -0.1) is 0 Å². The van der Waals surface area contributed by atoms with Gasteiger partial charge in [0.2, 0.25) is 0 Å². The van der Waals surface area contributed by atoms with E-state index in [1.807, 2.05) is 0 Å². The molecule has 1 heterocycles. The first-order valence-corrected chi connectivity index (χ1v) is 29.2. The molecule has 0 amide bonds. The van der Waals surface area contributed by atoms with E-state index in [1.165, 1.54) is 75.9 Å². The van der Waals surface area contributed by atoms with Crippen LogP contribution in [0.25, 0.3) is 0 Å². The monoisotopic (exact) mass is 1060 g/mol. The molecule has 2 aromatic rings. The molecular formula is C42H54BBr3CuO4S4. The number of benzene rings is 2. The number of hydrogen-bond donors (Lipinski definition) is 0. The molecule has 0 N–H and O–H groups in total. The number of halogens is 3. The Morgan fingerprint density at radius 1 is 0.673 bits per heavy atom. The molecule has 8 atom stereocenters. The summed E-state index contributed by atoms with van der Waals surface area (Å²) in [5.41, 5.74) is 6.62. The zero-order valence-electron chi connectivity index (χ0n) is 32.7. The molecule has 0 unspecified atom stereocenters. The molecule has 4 nitrogen and oxygen atoms in total. The molecule has 7 aliphatic rings. The molecule has 0 radical (unpaired) electrons. The Morgan fingerprint density at radius 3 is 1.56 bits per heavy atom. The fraction of sp³-hybridized carbons (Fsp3) is 0.667. The maximum absolute atomic E-state index is 12.5. The molecule has 0 spiro atoms. The second-order valence-corrected chi connectivity index (χ2v) is 27.4. The van der Waals surface area contributed by atoms with Gasteiger partial charge >= 0.3 is 46.7 Å². The zero-order valence-corrected chi connectivity index (χ0v) is 41.7. The van der Waals surface area contributed by atoms with Gasteiger partial charge in [0, 0.05) is 68.3 Å². The van der Waals surface area contributed by atoms with Gasteiger partial charge < -0.3 is 9.31 Å². The number of Topliss-reactive ketones (excluding diaryl/α,β-unsaturated/α-hetero) is 2. The van der Waals surface area contributed by atoms with Crippen molar-refractivity contribution in [2.45, 2.75) is 142 Å². The quantitative estimate of drug-likeness (QED) is 0.265. The second-order valence-electron chi connectivity index (χ2n) is 18.2. The first-order chi connectivity index (χ1) is 26.0. The number of hydrogen-bond acceptors (Lipinski definition) is 6. The van der Waals surface area contributed by atoms with Crippen molar-refractivity contribution in [3.05, 3.63) is 63.1 Å². The molecule has 13 heteroatoms. The number of rotatable bonds is 1. The summed E-state index contributed by atoms with van der Waals surface area (Å²) >= 11 is 19.6. The van der Waals surface area contributed by atoms with E-state index in [4.69, 9.17) is 9.31 Å². The van der Waals surface area contributed by atoms with Crippen LogP contribution in [-0.4, -0.2) is 29.9 Å². The molecule has 305 valence electrons. The summed E-state index contributed by atoms with van der Waals surface area (Å²) in [6.45, 7) is 12.9. The standard InChI is InChI=1S/C24H33BO3.C18H21BrO.2BrH.Cu.S4/c1-22(2)23(3,4)28-25(27-22)16-7-9-17-15(14-16)6-8-19-18(17)12-13-24(5)20(19)10-11-21(24)26;1-18-9-8-14-13-5-3-12(19)10-11(13)2-4-15(14)16(18)6-7-17(18)20;;;;1-3-4-2/h7,9,14,18-20H,6,8,10-13H2,1-5H3;3,5,10,14-16H,2,4,6-9H2,1H3;2*1H;;/q;;;;+2;/p-2/t18-,19-,20+,24+;14-,15-,16+,18+;;;;/m11..../s1. The molecule has 1 saturated heterocycles. The summed E-state index contributed by atoms with van der Waals surface area (Å²) in [5.74, 6) is 5.06. The molecule has 0 bridgehead atoms. The van der Waals surface area contributed by atoms with Crippen molar-refractivity contribution in [3.8, 4) is 0 Å². The van der Waals surface area contributed by atoms with Crippen molar-refractivity contribution in [1.29, 1.82) is 0 Å². The normalized spacial score (nSPS) is 34.4. The van der Waals surface area contributed by atoms with Crippen molar-refractivity contribution in [3.63, 3.8) is 0 Å². The summed E-state index contributed by atoms with van der Waals surface area (Å²) in [5, 5.41) is 0. The number of carbonyl (C=O) groups is 2. The van der Waals surface area contributed by atoms with Crippen molar-refractivity contribution in [2.24, 2.45) is 34.5 Å². The van der Waals surface area contributed by atoms with Crippen molar-refractivity contribution < 1.29 is 30.2 Å². The van der Waals surface area contributed by atoms with Gasteiger partial charge in [0.05, 0.1) is 11.2 Å². The van der Waals surface area contributed by atoms with Crippen molar-refractivity contribution in [2.75, 3.05) is 0 Å². The number of fused-ring (bicyclic) bond motifs is 10. The third-order valence-corrected chi connectivity index (χ3v) is 18.1. The van der Waals surface area contributed by atoms with E-state index < -0.39 is 0 Å². The predicted octanol–water partition coefficient (Wildman–Crippen LogP) is 11.0. The van der Waals surface area contributed by atoms with Crippen LogP contribution in [0.2, 0.25) is 0 Å². The summed E-state index contributed by atoms with van der Waals surface area (Å²) in [4.78, 5) is 24.8. The molecule has 4 saturated carbocycles. The maximum atomic E-state index is 12.5. The van der Waals surface area contributed by atoms with Gasteiger partial charge in [-0.3, -0.25) is 9.59 Å². The van der Waals surface area contributed by atoms with Crippen LogP contribution in [0.15, 0.2) is 40.9 Å². The predicted molar refractivity (Wildman–Crippen MR) is 243 cm³/mol. The summed E-state index contributed by atoms with van der Waals surface area (Å²) < 4.78 is 13.7. The van der Waals surface area contributed by atoms with Gasteiger partial charge in [-0.1, -0.05) is 54.0 Å². The molecule has 0 aromatic heterocycles. The molecule has 6 aliphatic carbocycles. The SMILES string of the molecule is CC1(C)OB(c2ccc3c(c2)CC[C@@H]2[C@@H]3CC[C@]3(C)C(=O)CC[C@@H]23)OC1(C)C.C[C@]12CC[C@@H]3c4ccc(Br)cc4CC[C@H]3[C@@H]1CCC2=O.S=S=S=S.[Br][Cu][Br]. The molecule has 9 rings (SSSR count). The molecule has 1 aliphatic heterocycles. The van der Waals surface area contributed by atoms with E-state index >= 15 is 0 Å². The summed E-state index contributed by atoms with van der Waals surface area (Å²) in [6.07, 6.45) is 13.2. The van der Waals surface area contributed by atoms with Crippen LogP contribution in [0.5, 0.6) is 0 Å². The van der Waals surface area contributed by atoms with Gasteiger partial charge in [-0.05, 0) is 167 Å². The number of ketones is 2. The average molecular weight is 1070 g/mol. The van der Waals surface area contributed by atoms with Crippen LogP contribution in [-0.2, 0) is 83.2 Å². The fourth-order valence-electron chi connectivity index (χ4n) is 11.8. The van der Waals surface area contributed by atoms with Crippen LogP contribution < -0.4 is 5.46 Å². The Hall–Kier alpha value is 0.604. The van der Waals surface area contributed by atoms with E-state index in [-0.39, 0.29) is 29.2 Å². The third-order valence-electron chi connectivity index (χ3n) is 15.4. The third kappa shape index (κ3) is 8.86. The molecular weight excluding hydrogens is 1010 g/mol. The molecule has 2 aromatic carbocycles. The van der Waals surface area contributed by atoms with Gasteiger partial charge in [-0.2, -0.15) is 0 Å². The van der Waals surface area contributed by atoms with E-state index in [0.29, 0.717) is 41.2 Å². The van der Waals surface area contributed by atoms with E-state index in [1.54, 1.807) is 5.56 Å². The topological polar surface area (TPSA) is 52.6 Å². The Morgan fingerprint density at radius 2 is 1.11 bits per heavy atom. The van der Waals surface area contributed by atoms with Gasteiger partial charge in [-0.25, -0.2) is 0 Å². The minimum atomic E-state index is -0.304. The molecule has 55 heavy (non-hydrogen) atoms. The van der Waals surface area contributed by atoms with Crippen molar-refractivity contribution in [1.82, 2.24) is 0 Å². The fourth-order valence-corrected chi connectivity index (χ4v) is 12.2. The van der Waals surface area contributed by atoms with Crippen LogP contribution >= 0.6 is 44.2 Å². The minimum absolute atomic E-state index is 0.00797. The van der Waals surface area contributed by atoms with E-state index in [2.05, 4.69) is 144 Å². The Labute approximate surface area is 374 Å². The Kier molecular flexibility index (Phi) is 15.0. The summed E-state index contributed by atoms with van der Waals surface area (Å²) in [6, 6.07) is 13.7. The Balaban J connectivity index is 0.000000166. The van der Waals surface area contributed by atoms with Crippen LogP contribution in [0.4, 0.5) is 0 Å². The first kappa shape index (κ1) is 45.1. The van der Waals surface area contributed by atoms with Crippen LogP contribution in [0, 0.1) is 34.5 Å². The summed E-state index contributed by atoms with van der Waals surface area (Å²) in [7, 11) is 2.06. The average Bonchev–Trinajstić information content (AvgIpc) is 3.72. The number of aryl methyl sites for hydroxylation is 2. The Bertz CT molecular complexity index is 1850. The van der Waals surface area contributed by atoms with Gasteiger partial charge in [0.1, 0.15) is 11.6 Å². The molecule has 5 fully saturated rings. The van der Waals surface area contributed by atoms with E-state index in [0.717, 1.165) is 62.7 Å².